The van der Waals surface area contributed by atoms with Crippen molar-refractivity contribution >= 4 is 11.6 Å². The largest absolute Gasteiger partial charge is 0.506 e. The van der Waals surface area contributed by atoms with Gasteiger partial charge in [0.25, 0.3) is 0 Å². The molecule has 0 fully saturated rings. The summed E-state index contributed by atoms with van der Waals surface area (Å²) in [6.07, 6.45) is 0.421. The average molecular weight is 232 g/mol. The van der Waals surface area contributed by atoms with Crippen LogP contribution in [0.2, 0.25) is 5.02 Å². The first kappa shape index (κ1) is 12.1. The molecule has 5 heteroatoms. The van der Waals surface area contributed by atoms with E-state index < -0.39 is 0 Å². The van der Waals surface area contributed by atoms with Crippen molar-refractivity contribution in [1.29, 1.82) is 0 Å². The Kier molecular flexibility index (Phi) is 4.20. The highest BCUT2D eigenvalue weighted by atomic mass is 35.5. The van der Waals surface area contributed by atoms with Gasteiger partial charge in [0, 0.05) is 12.6 Å². The van der Waals surface area contributed by atoms with Crippen LogP contribution in [0.1, 0.15) is 18.0 Å². The molecule has 1 aromatic carbocycles. The van der Waals surface area contributed by atoms with Gasteiger partial charge in [-0.05, 0) is 24.1 Å². The summed E-state index contributed by atoms with van der Waals surface area (Å²) >= 11 is 5.78. The van der Waals surface area contributed by atoms with Crippen LogP contribution < -0.4 is 10.5 Å². The topological polar surface area (TPSA) is 75.7 Å². The van der Waals surface area contributed by atoms with E-state index in [9.17, 15) is 5.11 Å². The van der Waals surface area contributed by atoms with Gasteiger partial charge in [-0.1, -0.05) is 11.6 Å². The first-order valence-electron chi connectivity index (χ1n) is 4.53. The number of aliphatic hydroxyl groups excluding tert-OH is 1. The predicted molar refractivity (Wildman–Crippen MR) is 58.3 cm³/mol. The van der Waals surface area contributed by atoms with E-state index in [2.05, 4.69) is 0 Å². The van der Waals surface area contributed by atoms with Crippen molar-refractivity contribution in [1.82, 2.24) is 0 Å². The molecule has 4 nitrogen and oxygen atoms in total. The molecular formula is C10H14ClNO3. The first-order valence-corrected chi connectivity index (χ1v) is 4.90. The number of ether oxygens (including phenoxy) is 1. The zero-order valence-electron chi connectivity index (χ0n) is 8.40. The molecule has 0 spiro atoms. The zero-order valence-corrected chi connectivity index (χ0v) is 9.16. The van der Waals surface area contributed by atoms with Crippen molar-refractivity contribution < 1.29 is 14.9 Å². The number of phenolic OH excluding ortho intramolecular Hbond substituents is 1. The third kappa shape index (κ3) is 2.75. The van der Waals surface area contributed by atoms with E-state index in [1.807, 2.05) is 0 Å². The highest BCUT2D eigenvalue weighted by molar-refractivity contribution is 6.33. The number of aromatic hydroxyl groups is 1. The summed E-state index contributed by atoms with van der Waals surface area (Å²) in [6, 6.07) is 2.79. The molecule has 0 saturated carbocycles. The highest BCUT2D eigenvalue weighted by Crippen LogP contribution is 2.36. The number of phenols is 1. The second kappa shape index (κ2) is 5.21. The van der Waals surface area contributed by atoms with Crippen molar-refractivity contribution in [2.45, 2.75) is 12.5 Å². The Bertz CT molecular complexity index is 344. The fraction of sp³-hybridized carbons (Fsp3) is 0.400. The van der Waals surface area contributed by atoms with Crippen LogP contribution in [-0.4, -0.2) is 23.9 Å². The van der Waals surface area contributed by atoms with Gasteiger partial charge in [-0.25, -0.2) is 0 Å². The van der Waals surface area contributed by atoms with Crippen LogP contribution in [0.3, 0.4) is 0 Å². The number of benzene rings is 1. The molecule has 1 aromatic rings. The van der Waals surface area contributed by atoms with Gasteiger partial charge in [0.05, 0.1) is 7.11 Å². The molecule has 0 saturated heterocycles. The summed E-state index contributed by atoms with van der Waals surface area (Å²) in [5.74, 6) is 0.305. The molecule has 0 radical (unpaired) electrons. The maximum absolute atomic E-state index is 9.50. The molecule has 0 aliphatic rings. The molecule has 15 heavy (non-hydrogen) atoms. The lowest BCUT2D eigenvalue weighted by Gasteiger charge is -2.13. The lowest BCUT2D eigenvalue weighted by Crippen LogP contribution is -2.12. The maximum Gasteiger partial charge on any atom is 0.141 e. The van der Waals surface area contributed by atoms with Crippen molar-refractivity contribution in [2.75, 3.05) is 13.7 Å². The van der Waals surface area contributed by atoms with Crippen LogP contribution in [0, 0.1) is 0 Å². The van der Waals surface area contributed by atoms with Gasteiger partial charge in [-0.2, -0.15) is 0 Å². The third-order valence-electron chi connectivity index (χ3n) is 2.13. The number of methoxy groups -OCH3 is 1. The van der Waals surface area contributed by atoms with Crippen LogP contribution in [0.4, 0.5) is 0 Å². The van der Waals surface area contributed by atoms with E-state index >= 15 is 0 Å². The lowest BCUT2D eigenvalue weighted by atomic mass is 10.0. The van der Waals surface area contributed by atoms with Gasteiger partial charge >= 0.3 is 0 Å². The zero-order chi connectivity index (χ0) is 11.4. The minimum Gasteiger partial charge on any atom is -0.506 e. The molecule has 0 bridgehead atoms. The van der Waals surface area contributed by atoms with Crippen molar-refractivity contribution in [3.05, 3.63) is 22.7 Å². The average Bonchev–Trinajstić information content (AvgIpc) is 2.22. The van der Waals surface area contributed by atoms with Crippen molar-refractivity contribution in [3.8, 4) is 11.5 Å². The van der Waals surface area contributed by atoms with Crippen molar-refractivity contribution in [3.63, 3.8) is 0 Å². The molecule has 1 unspecified atom stereocenters. The Balaban J connectivity index is 3.05. The van der Waals surface area contributed by atoms with Crippen LogP contribution >= 0.6 is 11.6 Å². The molecule has 1 atom stereocenters. The van der Waals surface area contributed by atoms with E-state index in [4.69, 9.17) is 27.2 Å². The molecular weight excluding hydrogens is 218 g/mol. The van der Waals surface area contributed by atoms with E-state index in [0.717, 1.165) is 0 Å². The minimum atomic E-state index is -0.341. The highest BCUT2D eigenvalue weighted by Gasteiger charge is 2.13. The van der Waals surface area contributed by atoms with Gasteiger partial charge in [0.2, 0.25) is 0 Å². The standard InChI is InChI=1S/C10H14ClNO3/c1-15-9-5-6(7(12)2-3-13)4-8(14)10(9)11/h4-5,7,13-14H,2-3,12H2,1H3. The first-order chi connectivity index (χ1) is 7.10. The molecule has 0 aliphatic heterocycles. The predicted octanol–water partition coefficient (Wildman–Crippen LogP) is 1.44. The summed E-state index contributed by atoms with van der Waals surface area (Å²) in [6.45, 7) is -0.00707. The van der Waals surface area contributed by atoms with Gasteiger partial charge in [0.1, 0.15) is 16.5 Å². The molecule has 1 rings (SSSR count). The number of hydrogen-bond acceptors (Lipinski definition) is 4. The number of hydrogen-bond donors (Lipinski definition) is 3. The summed E-state index contributed by atoms with van der Waals surface area (Å²) < 4.78 is 4.98. The van der Waals surface area contributed by atoms with Crippen LogP contribution in [0.25, 0.3) is 0 Å². The van der Waals surface area contributed by atoms with Gasteiger partial charge in [0.15, 0.2) is 0 Å². The molecule has 0 aliphatic carbocycles. The van der Waals surface area contributed by atoms with Gasteiger partial charge in [-0.15, -0.1) is 0 Å². The number of rotatable bonds is 4. The Labute approximate surface area is 93.2 Å². The van der Waals surface area contributed by atoms with E-state index in [1.165, 1.54) is 13.2 Å². The molecule has 4 N–H and O–H groups in total. The number of nitrogens with two attached hydrogens (primary N) is 1. The molecule has 0 aromatic heterocycles. The molecule has 84 valence electrons. The summed E-state index contributed by atoms with van der Waals surface area (Å²) in [5.41, 5.74) is 6.46. The fourth-order valence-corrected chi connectivity index (χ4v) is 1.46. The lowest BCUT2D eigenvalue weighted by molar-refractivity contribution is 0.276. The van der Waals surface area contributed by atoms with Gasteiger partial charge < -0.3 is 20.7 Å². The second-order valence-electron chi connectivity index (χ2n) is 3.18. The SMILES string of the molecule is COc1cc(C(N)CCO)cc(O)c1Cl. The third-order valence-corrected chi connectivity index (χ3v) is 2.51. The maximum atomic E-state index is 9.50. The monoisotopic (exact) mass is 231 g/mol. The summed E-state index contributed by atoms with van der Waals surface area (Å²) in [4.78, 5) is 0. The fourth-order valence-electron chi connectivity index (χ4n) is 1.27. The molecule has 0 amide bonds. The van der Waals surface area contributed by atoms with Gasteiger partial charge in [-0.3, -0.25) is 0 Å². The number of halogens is 1. The Morgan fingerprint density at radius 1 is 1.53 bits per heavy atom. The quantitative estimate of drug-likeness (QED) is 0.733. The molecule has 0 heterocycles. The van der Waals surface area contributed by atoms with E-state index in [1.54, 1.807) is 6.07 Å². The smallest absolute Gasteiger partial charge is 0.141 e. The minimum absolute atomic E-state index is 0.00707. The Morgan fingerprint density at radius 2 is 2.20 bits per heavy atom. The summed E-state index contributed by atoms with van der Waals surface area (Å²) in [7, 11) is 1.46. The van der Waals surface area contributed by atoms with E-state index in [0.29, 0.717) is 17.7 Å². The second-order valence-corrected chi connectivity index (χ2v) is 3.55. The van der Waals surface area contributed by atoms with Crippen molar-refractivity contribution in [2.24, 2.45) is 5.73 Å². The van der Waals surface area contributed by atoms with Crippen LogP contribution in [0.15, 0.2) is 12.1 Å². The van der Waals surface area contributed by atoms with Crippen LogP contribution in [0.5, 0.6) is 11.5 Å². The van der Waals surface area contributed by atoms with Crippen LogP contribution in [-0.2, 0) is 0 Å². The summed E-state index contributed by atoms with van der Waals surface area (Å²) in [5, 5.41) is 18.4. The number of aliphatic hydroxyl groups is 1. The van der Waals surface area contributed by atoms with E-state index in [-0.39, 0.29) is 23.4 Å². The normalized spacial score (nSPS) is 12.5. The Hall–Kier alpha value is -0.970. The Morgan fingerprint density at radius 3 is 2.73 bits per heavy atom.